The van der Waals surface area contributed by atoms with Crippen LogP contribution >= 0.6 is 0 Å². The second kappa shape index (κ2) is 6.51. The van der Waals surface area contributed by atoms with Crippen LogP contribution in [0.2, 0.25) is 0 Å². The lowest BCUT2D eigenvalue weighted by Crippen LogP contribution is -3.16. The second-order valence-corrected chi connectivity index (χ2v) is 7.26. The van der Waals surface area contributed by atoms with Crippen molar-refractivity contribution in [1.82, 2.24) is 4.90 Å². The number of anilines is 1. The van der Waals surface area contributed by atoms with Crippen LogP contribution in [-0.2, 0) is 9.59 Å². The zero-order valence-electron chi connectivity index (χ0n) is 14.0. The third kappa shape index (κ3) is 2.79. The number of quaternary nitrogens is 1. The van der Waals surface area contributed by atoms with Crippen molar-refractivity contribution >= 4 is 17.5 Å². The van der Waals surface area contributed by atoms with Gasteiger partial charge in [-0.3, -0.25) is 9.59 Å². The fraction of sp³-hybridized carbons (Fsp3) is 0.611. The summed E-state index contributed by atoms with van der Waals surface area (Å²) in [6, 6.07) is 4.17. The molecule has 1 saturated carbocycles. The molecule has 2 amide bonds. The number of carbonyl (C=O) groups excluding carboxylic acids is 2. The lowest BCUT2D eigenvalue weighted by Gasteiger charge is -2.34. The molecule has 3 aliphatic rings. The summed E-state index contributed by atoms with van der Waals surface area (Å²) in [6.07, 6.45) is 7.87. The molecule has 6 heteroatoms. The number of fused-ring (bicyclic) bond motifs is 1. The van der Waals surface area contributed by atoms with Crippen molar-refractivity contribution in [3.05, 3.63) is 24.5 Å². The van der Waals surface area contributed by atoms with Gasteiger partial charge in [0.1, 0.15) is 0 Å². The van der Waals surface area contributed by atoms with Crippen LogP contribution in [0, 0.1) is 11.8 Å². The van der Waals surface area contributed by atoms with Crippen LogP contribution in [-0.4, -0.2) is 49.6 Å². The van der Waals surface area contributed by atoms with E-state index in [1.807, 2.05) is 12.4 Å². The van der Waals surface area contributed by atoms with Crippen molar-refractivity contribution in [2.45, 2.75) is 25.7 Å². The van der Waals surface area contributed by atoms with Crippen molar-refractivity contribution in [2.24, 2.45) is 11.8 Å². The summed E-state index contributed by atoms with van der Waals surface area (Å²) >= 11 is 0. The van der Waals surface area contributed by atoms with Gasteiger partial charge in [0, 0.05) is 17.8 Å². The highest BCUT2D eigenvalue weighted by atomic mass is 16.2. The monoisotopic (exact) mass is 330 g/mol. The van der Waals surface area contributed by atoms with Crippen LogP contribution < -0.4 is 14.8 Å². The summed E-state index contributed by atoms with van der Waals surface area (Å²) in [4.78, 5) is 33.5. The predicted molar refractivity (Wildman–Crippen MR) is 88.1 cm³/mol. The number of carbonyl (C=O) groups is 2. The summed E-state index contributed by atoms with van der Waals surface area (Å²) in [6.45, 7) is 4.40. The van der Waals surface area contributed by atoms with Gasteiger partial charge in [-0.25, -0.2) is 9.88 Å². The van der Waals surface area contributed by atoms with E-state index in [2.05, 4.69) is 22.0 Å². The molecule has 2 aliphatic heterocycles. The Morgan fingerprint density at radius 1 is 1.00 bits per heavy atom. The van der Waals surface area contributed by atoms with Crippen LogP contribution in [0.15, 0.2) is 24.5 Å². The number of aromatic amines is 1. The first-order chi connectivity index (χ1) is 11.7. The molecule has 24 heavy (non-hydrogen) atoms. The highest BCUT2D eigenvalue weighted by Crippen LogP contribution is 2.37. The highest BCUT2D eigenvalue weighted by molar-refractivity contribution is 6.05. The minimum atomic E-state index is -0.0208. The molecule has 0 aromatic carbocycles. The van der Waals surface area contributed by atoms with Gasteiger partial charge in [0.05, 0.1) is 38.0 Å². The van der Waals surface area contributed by atoms with Crippen molar-refractivity contribution in [2.75, 3.05) is 37.7 Å². The first-order valence-electron chi connectivity index (χ1n) is 9.14. The Balaban J connectivity index is 1.35. The molecule has 0 bridgehead atoms. The van der Waals surface area contributed by atoms with E-state index in [1.165, 1.54) is 10.6 Å². The fourth-order valence-electron chi connectivity index (χ4n) is 4.44. The van der Waals surface area contributed by atoms with E-state index in [9.17, 15) is 9.59 Å². The molecule has 0 radical (unpaired) electrons. The van der Waals surface area contributed by atoms with Crippen LogP contribution in [0.1, 0.15) is 25.7 Å². The predicted octanol–water partition coefficient (Wildman–Crippen LogP) is -0.662. The Kier molecular flexibility index (Phi) is 4.22. The van der Waals surface area contributed by atoms with Crippen LogP contribution in [0.5, 0.6) is 0 Å². The molecule has 3 fully saturated rings. The molecule has 2 saturated heterocycles. The summed E-state index contributed by atoms with van der Waals surface area (Å²) in [7, 11) is 0. The molecular formula is C18H26N4O2+2. The first-order valence-corrected chi connectivity index (χ1v) is 9.14. The first kappa shape index (κ1) is 15.6. The highest BCUT2D eigenvalue weighted by Gasteiger charge is 2.49. The maximum atomic E-state index is 12.6. The number of hydrogen-bond donors (Lipinski definition) is 1. The number of nitrogens with zero attached hydrogens (tertiary/aromatic N) is 2. The maximum absolute atomic E-state index is 12.6. The number of pyridine rings is 1. The number of likely N-dealkylation sites (tertiary alicyclic amines) is 1. The maximum Gasteiger partial charge on any atom is 0.237 e. The third-order valence-electron chi connectivity index (χ3n) is 5.85. The molecule has 0 spiro atoms. The fourth-order valence-corrected chi connectivity index (χ4v) is 4.44. The summed E-state index contributed by atoms with van der Waals surface area (Å²) < 4.78 is 0. The van der Waals surface area contributed by atoms with E-state index in [-0.39, 0.29) is 23.7 Å². The smallest absolute Gasteiger partial charge is 0.237 e. The SMILES string of the molecule is O=C1[C@H]2CCCC[C@H]2C(=O)N1C[NH+]1CCN(c2cc[nH+]cc2)CC1. The number of rotatable bonds is 3. The van der Waals surface area contributed by atoms with Gasteiger partial charge in [-0.1, -0.05) is 12.8 Å². The van der Waals surface area contributed by atoms with Gasteiger partial charge in [0.15, 0.2) is 19.1 Å². The number of imide groups is 1. The van der Waals surface area contributed by atoms with Gasteiger partial charge in [-0.2, -0.15) is 0 Å². The van der Waals surface area contributed by atoms with Gasteiger partial charge >= 0.3 is 0 Å². The number of nitrogens with one attached hydrogen (secondary N) is 2. The van der Waals surface area contributed by atoms with E-state index in [4.69, 9.17) is 0 Å². The van der Waals surface area contributed by atoms with Crippen molar-refractivity contribution in [3.63, 3.8) is 0 Å². The van der Waals surface area contributed by atoms with Crippen LogP contribution in [0.3, 0.4) is 0 Å². The Bertz CT molecular complexity index is 589. The largest absolute Gasteiger partial charge is 0.360 e. The van der Waals surface area contributed by atoms with E-state index in [0.29, 0.717) is 6.67 Å². The Labute approximate surface area is 142 Å². The van der Waals surface area contributed by atoms with Crippen molar-refractivity contribution in [3.8, 4) is 0 Å². The average molecular weight is 330 g/mol. The van der Waals surface area contributed by atoms with Gasteiger partial charge in [-0.05, 0) is 12.8 Å². The van der Waals surface area contributed by atoms with Crippen molar-refractivity contribution < 1.29 is 19.5 Å². The second-order valence-electron chi connectivity index (χ2n) is 7.26. The van der Waals surface area contributed by atoms with E-state index >= 15 is 0 Å². The van der Waals surface area contributed by atoms with Gasteiger partial charge < -0.3 is 9.80 Å². The minimum absolute atomic E-state index is 0.0208. The molecular weight excluding hydrogens is 304 g/mol. The molecule has 2 N–H and O–H groups in total. The normalized spacial score (nSPS) is 28.3. The number of H-pyrrole nitrogens is 1. The molecule has 4 rings (SSSR count). The molecule has 6 nitrogen and oxygen atoms in total. The zero-order valence-corrected chi connectivity index (χ0v) is 14.0. The minimum Gasteiger partial charge on any atom is -0.360 e. The molecule has 2 atom stereocenters. The molecule has 1 aromatic rings. The van der Waals surface area contributed by atoms with E-state index in [1.54, 1.807) is 4.90 Å². The zero-order chi connectivity index (χ0) is 16.5. The van der Waals surface area contributed by atoms with Gasteiger partial charge in [0.2, 0.25) is 11.8 Å². The lowest BCUT2D eigenvalue weighted by molar-refractivity contribution is -0.908. The molecule has 1 aromatic heterocycles. The van der Waals surface area contributed by atoms with Crippen molar-refractivity contribution in [1.29, 1.82) is 0 Å². The van der Waals surface area contributed by atoms with Crippen LogP contribution in [0.4, 0.5) is 5.69 Å². The quantitative estimate of drug-likeness (QED) is 0.749. The molecule has 3 heterocycles. The van der Waals surface area contributed by atoms with E-state index < -0.39 is 0 Å². The summed E-state index contributed by atoms with van der Waals surface area (Å²) in [5.74, 6) is 0.150. The summed E-state index contributed by atoms with van der Waals surface area (Å²) in [5, 5.41) is 0. The van der Waals surface area contributed by atoms with Gasteiger partial charge in [-0.15, -0.1) is 0 Å². The van der Waals surface area contributed by atoms with E-state index in [0.717, 1.165) is 51.9 Å². The molecule has 0 unspecified atom stereocenters. The third-order valence-corrected chi connectivity index (χ3v) is 5.85. The Hall–Kier alpha value is -1.95. The molecule has 128 valence electrons. The molecule has 1 aliphatic carbocycles. The number of hydrogen-bond acceptors (Lipinski definition) is 3. The number of amides is 2. The topological polar surface area (TPSA) is 59.2 Å². The Morgan fingerprint density at radius 3 is 2.17 bits per heavy atom. The Morgan fingerprint density at radius 2 is 1.58 bits per heavy atom. The summed E-state index contributed by atoms with van der Waals surface area (Å²) in [5.41, 5.74) is 1.23. The number of piperazine rings is 1. The number of aromatic nitrogens is 1. The van der Waals surface area contributed by atoms with Crippen LogP contribution in [0.25, 0.3) is 0 Å². The standard InChI is InChI=1S/C18H24N4O2/c23-17-15-3-1-2-4-16(15)18(24)22(17)13-20-9-11-21(12-10-20)14-5-7-19-8-6-14/h5-8,15-16H,1-4,9-13H2/p+2/t15-,16+. The lowest BCUT2D eigenvalue weighted by atomic mass is 9.81. The average Bonchev–Trinajstić information content (AvgIpc) is 2.88. The van der Waals surface area contributed by atoms with Gasteiger partial charge in [0.25, 0.3) is 0 Å².